The summed E-state index contributed by atoms with van der Waals surface area (Å²) in [5.41, 5.74) is 0.0360. The average molecular weight is 327 g/mol. The third-order valence-corrected chi connectivity index (χ3v) is 3.85. The molecule has 0 aliphatic heterocycles. The maximum Gasteiger partial charge on any atom is 0.416 e. The topological polar surface area (TPSA) is 20.3 Å². The van der Waals surface area contributed by atoms with Crippen molar-refractivity contribution in [1.29, 1.82) is 0 Å². The maximum absolute atomic E-state index is 12.8. The number of alkyl halides is 3. The molecular weight excluding hydrogens is 303 g/mol. The van der Waals surface area contributed by atoms with Crippen LogP contribution in [0.15, 0.2) is 36.5 Å². The van der Waals surface area contributed by atoms with Crippen molar-refractivity contribution in [3.63, 3.8) is 0 Å². The van der Waals surface area contributed by atoms with Crippen LogP contribution < -0.4 is 0 Å². The maximum atomic E-state index is 12.8. The Hall–Kier alpha value is -1.78. The summed E-state index contributed by atoms with van der Waals surface area (Å²) in [4.78, 5) is 14.3. The summed E-state index contributed by atoms with van der Waals surface area (Å²) in [7, 11) is 0. The fourth-order valence-electron chi connectivity index (χ4n) is 2.60. The SMILES string of the molecule is C=C(C)N(CC(=O)c1cccc(C(F)(F)F)c1)[C@H](CC)CCC. The Kier molecular flexibility index (Phi) is 6.85. The number of hydrogen-bond acceptors (Lipinski definition) is 2. The van der Waals surface area contributed by atoms with Crippen LogP contribution in [0.25, 0.3) is 0 Å². The first-order valence-corrected chi connectivity index (χ1v) is 7.83. The Labute approximate surface area is 136 Å². The summed E-state index contributed by atoms with van der Waals surface area (Å²) in [5, 5.41) is 0. The highest BCUT2D eigenvalue weighted by Gasteiger charge is 2.31. The van der Waals surface area contributed by atoms with Crippen molar-refractivity contribution < 1.29 is 18.0 Å². The number of halogens is 3. The molecule has 23 heavy (non-hydrogen) atoms. The quantitative estimate of drug-likeness (QED) is 0.604. The summed E-state index contributed by atoms with van der Waals surface area (Å²) in [6, 6.07) is 4.76. The lowest BCUT2D eigenvalue weighted by Gasteiger charge is -2.32. The zero-order valence-corrected chi connectivity index (χ0v) is 13.9. The molecule has 1 aromatic rings. The van der Waals surface area contributed by atoms with Gasteiger partial charge in [-0.1, -0.05) is 39.0 Å². The van der Waals surface area contributed by atoms with Crippen molar-refractivity contribution in [1.82, 2.24) is 4.90 Å². The van der Waals surface area contributed by atoms with Crippen LogP contribution in [0.1, 0.15) is 56.0 Å². The lowest BCUT2D eigenvalue weighted by molar-refractivity contribution is -0.137. The van der Waals surface area contributed by atoms with Gasteiger partial charge in [-0.3, -0.25) is 4.79 Å². The van der Waals surface area contributed by atoms with Crippen LogP contribution >= 0.6 is 0 Å². The molecule has 0 unspecified atom stereocenters. The van der Waals surface area contributed by atoms with Gasteiger partial charge in [0.05, 0.1) is 12.1 Å². The van der Waals surface area contributed by atoms with Crippen LogP contribution in [0.2, 0.25) is 0 Å². The third kappa shape index (κ3) is 5.41. The van der Waals surface area contributed by atoms with E-state index in [2.05, 4.69) is 13.5 Å². The van der Waals surface area contributed by atoms with E-state index < -0.39 is 11.7 Å². The molecule has 0 amide bonds. The Balaban J connectivity index is 2.97. The number of hydrogen-bond donors (Lipinski definition) is 0. The first-order chi connectivity index (χ1) is 10.7. The molecule has 1 atom stereocenters. The average Bonchev–Trinajstić information content (AvgIpc) is 2.49. The number of nitrogens with zero attached hydrogens (tertiary/aromatic N) is 1. The van der Waals surface area contributed by atoms with Gasteiger partial charge in [0, 0.05) is 17.3 Å². The highest BCUT2D eigenvalue weighted by Crippen LogP contribution is 2.29. The number of carbonyl (C=O) groups is 1. The fraction of sp³-hybridized carbons (Fsp3) is 0.500. The standard InChI is InChI=1S/C18H24F3NO/c1-5-8-16(6-2)22(13(3)4)12-17(23)14-9-7-10-15(11-14)18(19,20)21/h7,9-11,16H,3,5-6,8,12H2,1-2,4H3/t16-/m1/s1. The van der Waals surface area contributed by atoms with Crippen molar-refractivity contribution in [2.45, 2.75) is 52.3 Å². The Bertz CT molecular complexity index is 551. The molecule has 5 heteroatoms. The molecule has 0 spiro atoms. The van der Waals surface area contributed by atoms with Gasteiger partial charge in [-0.2, -0.15) is 13.2 Å². The van der Waals surface area contributed by atoms with E-state index in [1.165, 1.54) is 12.1 Å². The number of rotatable bonds is 8. The molecule has 1 rings (SSSR count). The number of benzene rings is 1. The Morgan fingerprint density at radius 1 is 1.30 bits per heavy atom. The van der Waals surface area contributed by atoms with Crippen LogP contribution in [-0.4, -0.2) is 23.3 Å². The third-order valence-electron chi connectivity index (χ3n) is 3.85. The van der Waals surface area contributed by atoms with Crippen LogP contribution in [0.4, 0.5) is 13.2 Å². The number of Topliss-reactive ketones (excluding diaryl/α,β-unsaturated/α-hetero) is 1. The molecule has 0 fully saturated rings. The van der Waals surface area contributed by atoms with Crippen LogP contribution in [-0.2, 0) is 6.18 Å². The molecule has 2 nitrogen and oxygen atoms in total. The zero-order valence-electron chi connectivity index (χ0n) is 13.9. The normalized spacial score (nSPS) is 12.8. The second-order valence-electron chi connectivity index (χ2n) is 5.72. The van der Waals surface area contributed by atoms with E-state index in [0.29, 0.717) is 0 Å². The second kappa shape index (κ2) is 8.18. The second-order valence-corrected chi connectivity index (χ2v) is 5.72. The smallest absolute Gasteiger partial charge is 0.365 e. The summed E-state index contributed by atoms with van der Waals surface area (Å²) < 4.78 is 38.3. The van der Waals surface area contributed by atoms with E-state index in [1.807, 2.05) is 18.7 Å². The van der Waals surface area contributed by atoms with E-state index in [9.17, 15) is 18.0 Å². The van der Waals surface area contributed by atoms with E-state index in [4.69, 9.17) is 0 Å². The number of allylic oxidation sites excluding steroid dienone is 1. The molecule has 0 saturated carbocycles. The predicted molar refractivity (Wildman–Crippen MR) is 86.3 cm³/mol. The van der Waals surface area contributed by atoms with Gasteiger partial charge in [-0.25, -0.2) is 0 Å². The van der Waals surface area contributed by atoms with Crippen LogP contribution in [0.3, 0.4) is 0 Å². The Morgan fingerprint density at radius 3 is 2.43 bits per heavy atom. The molecule has 0 aliphatic carbocycles. The van der Waals surface area contributed by atoms with Crippen LogP contribution in [0, 0.1) is 0 Å². The molecule has 0 aliphatic rings. The number of ketones is 1. The molecular formula is C18H24F3NO. The van der Waals surface area contributed by atoms with Gasteiger partial charge in [0.15, 0.2) is 5.78 Å². The summed E-state index contributed by atoms with van der Waals surface area (Å²) in [5.74, 6) is -0.325. The molecule has 0 saturated heterocycles. The molecule has 0 N–H and O–H groups in total. The number of carbonyl (C=O) groups excluding carboxylic acids is 1. The highest BCUT2D eigenvalue weighted by atomic mass is 19.4. The van der Waals surface area contributed by atoms with Crippen LogP contribution in [0.5, 0.6) is 0 Å². The van der Waals surface area contributed by atoms with Crippen molar-refractivity contribution in [2.75, 3.05) is 6.54 Å². The van der Waals surface area contributed by atoms with E-state index in [-0.39, 0.29) is 23.9 Å². The van der Waals surface area contributed by atoms with E-state index in [1.54, 1.807) is 0 Å². The lowest BCUT2D eigenvalue weighted by atomic mass is 10.0. The zero-order chi connectivity index (χ0) is 17.6. The summed E-state index contributed by atoms with van der Waals surface area (Å²) >= 11 is 0. The molecule has 0 radical (unpaired) electrons. The van der Waals surface area contributed by atoms with Gasteiger partial charge < -0.3 is 4.90 Å². The van der Waals surface area contributed by atoms with E-state index in [0.717, 1.165) is 37.1 Å². The lowest BCUT2D eigenvalue weighted by Crippen LogP contribution is -2.37. The minimum atomic E-state index is -4.45. The van der Waals surface area contributed by atoms with Crippen molar-refractivity contribution in [3.8, 4) is 0 Å². The largest absolute Gasteiger partial charge is 0.416 e. The molecule has 1 aromatic carbocycles. The predicted octanol–water partition coefficient (Wildman–Crippen LogP) is 5.30. The van der Waals surface area contributed by atoms with Gasteiger partial charge in [-0.05, 0) is 31.9 Å². The molecule has 0 bridgehead atoms. The minimum Gasteiger partial charge on any atom is -0.365 e. The van der Waals surface area contributed by atoms with Gasteiger partial charge >= 0.3 is 6.18 Å². The minimum absolute atomic E-state index is 0.0507. The van der Waals surface area contributed by atoms with Crippen molar-refractivity contribution in [2.24, 2.45) is 0 Å². The van der Waals surface area contributed by atoms with E-state index >= 15 is 0 Å². The first kappa shape index (κ1) is 19.3. The van der Waals surface area contributed by atoms with Gasteiger partial charge in [0.2, 0.25) is 0 Å². The Morgan fingerprint density at radius 2 is 1.96 bits per heavy atom. The molecule has 128 valence electrons. The summed E-state index contributed by atoms with van der Waals surface area (Å²) in [6.07, 6.45) is -1.70. The first-order valence-electron chi connectivity index (χ1n) is 7.83. The molecule has 0 aromatic heterocycles. The monoisotopic (exact) mass is 327 g/mol. The summed E-state index contributed by atoms with van der Waals surface area (Å²) in [6.45, 7) is 9.87. The van der Waals surface area contributed by atoms with Crippen molar-refractivity contribution in [3.05, 3.63) is 47.7 Å². The molecule has 0 heterocycles. The van der Waals surface area contributed by atoms with Gasteiger partial charge in [0.1, 0.15) is 0 Å². The van der Waals surface area contributed by atoms with Gasteiger partial charge in [-0.15, -0.1) is 0 Å². The van der Waals surface area contributed by atoms with Crippen molar-refractivity contribution >= 4 is 5.78 Å². The fourth-order valence-corrected chi connectivity index (χ4v) is 2.60. The highest BCUT2D eigenvalue weighted by molar-refractivity contribution is 5.97. The van der Waals surface area contributed by atoms with Gasteiger partial charge in [0.25, 0.3) is 0 Å².